The van der Waals surface area contributed by atoms with E-state index < -0.39 is 23.2 Å². The molecule has 1 saturated carbocycles. The van der Waals surface area contributed by atoms with Crippen LogP contribution in [0.4, 0.5) is 0 Å². The normalized spacial score (nSPS) is 17.6. The van der Waals surface area contributed by atoms with Crippen molar-refractivity contribution in [2.45, 2.75) is 18.3 Å². The molecule has 0 atom stereocenters. The lowest BCUT2D eigenvalue weighted by Gasteiger charge is -2.18. The van der Waals surface area contributed by atoms with Crippen LogP contribution in [0.25, 0.3) is 0 Å². The summed E-state index contributed by atoms with van der Waals surface area (Å²) in [7, 11) is 0. The minimum Gasteiger partial charge on any atom is -0.329 e. The predicted octanol–water partition coefficient (Wildman–Crippen LogP) is 2.52. The molecule has 1 aliphatic carbocycles. The van der Waals surface area contributed by atoms with Gasteiger partial charge in [0.25, 0.3) is 11.8 Å². The average molecular weight is 343 g/mol. The van der Waals surface area contributed by atoms with Gasteiger partial charge in [-0.25, -0.2) is 4.79 Å². The molecule has 0 bridgehead atoms. The molecule has 7 heteroatoms. The number of amides is 2. The maximum atomic E-state index is 12.6. The second-order valence-corrected chi connectivity index (χ2v) is 6.21. The number of aromatic nitrogens is 1. The molecular weight excluding hydrogens is 332 g/mol. The highest BCUT2D eigenvalue weighted by Gasteiger charge is 2.56. The van der Waals surface area contributed by atoms with Crippen molar-refractivity contribution in [3.8, 4) is 0 Å². The van der Waals surface area contributed by atoms with Crippen LogP contribution in [-0.2, 0) is 15.0 Å². The molecule has 2 amide bonds. The van der Waals surface area contributed by atoms with Crippen LogP contribution in [-0.4, -0.2) is 27.8 Å². The van der Waals surface area contributed by atoms with E-state index in [1.807, 2.05) is 0 Å². The van der Waals surface area contributed by atoms with E-state index >= 15 is 0 Å². The summed E-state index contributed by atoms with van der Waals surface area (Å²) in [5.41, 5.74) is 0.0583. The summed E-state index contributed by atoms with van der Waals surface area (Å²) in [6.07, 6.45) is 2.54. The van der Waals surface area contributed by atoms with Crippen LogP contribution in [0.15, 0.2) is 42.6 Å². The molecule has 2 heterocycles. The molecule has 0 N–H and O–H groups in total. The van der Waals surface area contributed by atoms with Crippen molar-refractivity contribution in [1.82, 2.24) is 10.0 Å². The lowest BCUT2D eigenvalue weighted by Crippen LogP contribution is -2.37. The molecule has 6 nitrogen and oxygen atoms in total. The Morgan fingerprint density at radius 1 is 1.08 bits per heavy atom. The summed E-state index contributed by atoms with van der Waals surface area (Å²) in [5.74, 6) is -1.93. The largest absolute Gasteiger partial charge is 0.345 e. The summed E-state index contributed by atoms with van der Waals surface area (Å²) in [5, 5.41) is 0.992. The molecule has 120 valence electrons. The van der Waals surface area contributed by atoms with Crippen LogP contribution in [0.1, 0.15) is 39.3 Å². The molecular formula is C17H11ClN2O4. The van der Waals surface area contributed by atoms with Crippen molar-refractivity contribution in [3.63, 3.8) is 0 Å². The molecule has 0 saturated heterocycles. The number of carbonyl (C=O) groups excluding carboxylic acids is 3. The molecule has 1 fully saturated rings. The van der Waals surface area contributed by atoms with Gasteiger partial charge < -0.3 is 4.84 Å². The summed E-state index contributed by atoms with van der Waals surface area (Å²) in [6, 6.07) is 9.64. The minimum atomic E-state index is -0.917. The van der Waals surface area contributed by atoms with Crippen LogP contribution < -0.4 is 0 Å². The maximum absolute atomic E-state index is 12.6. The quantitative estimate of drug-likeness (QED) is 0.801. The van der Waals surface area contributed by atoms with Gasteiger partial charge in [0.05, 0.1) is 21.8 Å². The molecule has 2 aliphatic rings. The number of pyridine rings is 1. The minimum absolute atomic E-state index is 0.227. The first-order valence-electron chi connectivity index (χ1n) is 7.35. The Labute approximate surface area is 142 Å². The molecule has 0 radical (unpaired) electrons. The van der Waals surface area contributed by atoms with E-state index in [4.69, 9.17) is 16.4 Å². The van der Waals surface area contributed by atoms with E-state index in [9.17, 15) is 14.4 Å². The van der Waals surface area contributed by atoms with Gasteiger partial charge in [-0.15, -0.1) is 0 Å². The first kappa shape index (κ1) is 14.8. The fourth-order valence-electron chi connectivity index (χ4n) is 2.77. The van der Waals surface area contributed by atoms with Crippen LogP contribution in [0.2, 0.25) is 5.02 Å². The third-order valence-corrected chi connectivity index (χ3v) is 4.51. The van der Waals surface area contributed by atoms with Gasteiger partial charge in [-0.2, -0.15) is 0 Å². The Balaban J connectivity index is 1.58. The second-order valence-electron chi connectivity index (χ2n) is 5.77. The summed E-state index contributed by atoms with van der Waals surface area (Å²) < 4.78 is 0. The van der Waals surface area contributed by atoms with E-state index in [1.165, 1.54) is 18.3 Å². The zero-order valence-corrected chi connectivity index (χ0v) is 13.1. The van der Waals surface area contributed by atoms with E-state index in [1.54, 1.807) is 24.3 Å². The van der Waals surface area contributed by atoms with Crippen molar-refractivity contribution in [2.24, 2.45) is 0 Å². The topological polar surface area (TPSA) is 76.6 Å². The molecule has 2 aromatic rings. The van der Waals surface area contributed by atoms with Gasteiger partial charge in [0.1, 0.15) is 5.41 Å². The zero-order valence-electron chi connectivity index (χ0n) is 12.4. The lowest BCUT2D eigenvalue weighted by atomic mass is 10.0. The third-order valence-electron chi connectivity index (χ3n) is 4.29. The van der Waals surface area contributed by atoms with Gasteiger partial charge in [0.2, 0.25) is 0 Å². The summed E-state index contributed by atoms with van der Waals surface area (Å²) in [6.45, 7) is 0. The number of hydroxylamine groups is 2. The first-order valence-corrected chi connectivity index (χ1v) is 7.73. The van der Waals surface area contributed by atoms with Gasteiger partial charge in [-0.05, 0) is 37.1 Å². The lowest BCUT2D eigenvalue weighted by molar-refractivity contribution is -0.172. The van der Waals surface area contributed by atoms with Crippen molar-refractivity contribution >= 4 is 29.4 Å². The smallest absolute Gasteiger partial charge is 0.329 e. The highest BCUT2D eigenvalue weighted by atomic mass is 35.5. The molecule has 4 rings (SSSR count). The fourth-order valence-corrected chi connectivity index (χ4v) is 2.88. The van der Waals surface area contributed by atoms with E-state index in [-0.39, 0.29) is 11.1 Å². The number of carbonyl (C=O) groups is 3. The Bertz CT molecular complexity index is 839. The van der Waals surface area contributed by atoms with Crippen molar-refractivity contribution in [2.75, 3.05) is 0 Å². The fraction of sp³-hybridized carbons (Fsp3) is 0.176. The van der Waals surface area contributed by atoms with E-state index in [2.05, 4.69) is 4.98 Å². The Kier molecular flexibility index (Phi) is 3.18. The highest BCUT2D eigenvalue weighted by Crippen LogP contribution is 2.48. The number of nitrogens with zero attached hydrogens (tertiary/aromatic N) is 2. The van der Waals surface area contributed by atoms with Crippen molar-refractivity contribution in [3.05, 3.63) is 64.4 Å². The Morgan fingerprint density at radius 3 is 2.21 bits per heavy atom. The number of imide groups is 1. The molecule has 24 heavy (non-hydrogen) atoms. The highest BCUT2D eigenvalue weighted by molar-refractivity contribution is 6.30. The van der Waals surface area contributed by atoms with Gasteiger partial charge in [-0.1, -0.05) is 28.8 Å². The van der Waals surface area contributed by atoms with Gasteiger partial charge in [0.15, 0.2) is 0 Å². The summed E-state index contributed by atoms with van der Waals surface area (Å²) in [4.78, 5) is 46.4. The SMILES string of the molecule is O=C1c2ccccc2C(=O)N1OC(=O)C1(c2ccc(Cl)cn2)CC1. The van der Waals surface area contributed by atoms with Gasteiger partial charge in [-0.3, -0.25) is 14.6 Å². The van der Waals surface area contributed by atoms with Crippen LogP contribution in [0.3, 0.4) is 0 Å². The standard InChI is InChI=1S/C17H11ClN2O4/c18-10-5-6-13(19-9-10)17(7-8-17)16(23)24-20-14(21)11-3-1-2-4-12(11)15(20)22/h1-6,9H,7-8H2. The number of fused-ring (bicyclic) bond motifs is 1. The van der Waals surface area contributed by atoms with Gasteiger partial charge in [0, 0.05) is 6.20 Å². The Morgan fingerprint density at radius 2 is 1.71 bits per heavy atom. The first-order chi connectivity index (χ1) is 11.5. The van der Waals surface area contributed by atoms with E-state index in [0.717, 1.165) is 0 Å². The molecule has 1 aromatic carbocycles. The molecule has 1 aliphatic heterocycles. The number of benzene rings is 1. The summed E-state index contributed by atoms with van der Waals surface area (Å²) >= 11 is 5.81. The van der Waals surface area contributed by atoms with E-state index in [0.29, 0.717) is 28.6 Å². The predicted molar refractivity (Wildman–Crippen MR) is 83.2 cm³/mol. The molecule has 0 spiro atoms. The number of hydrogen-bond donors (Lipinski definition) is 0. The zero-order chi connectivity index (χ0) is 16.9. The monoisotopic (exact) mass is 342 g/mol. The van der Waals surface area contributed by atoms with Crippen LogP contribution >= 0.6 is 11.6 Å². The van der Waals surface area contributed by atoms with Crippen molar-refractivity contribution < 1.29 is 19.2 Å². The Hall–Kier alpha value is -2.73. The third kappa shape index (κ3) is 2.11. The van der Waals surface area contributed by atoms with Gasteiger partial charge >= 0.3 is 5.97 Å². The van der Waals surface area contributed by atoms with Crippen LogP contribution in [0, 0.1) is 0 Å². The maximum Gasteiger partial charge on any atom is 0.345 e. The van der Waals surface area contributed by atoms with Crippen LogP contribution in [0.5, 0.6) is 0 Å². The molecule has 1 aromatic heterocycles. The number of hydrogen-bond acceptors (Lipinski definition) is 5. The number of halogens is 1. The van der Waals surface area contributed by atoms with Crippen molar-refractivity contribution in [1.29, 1.82) is 0 Å². The average Bonchev–Trinajstić information content (AvgIpc) is 3.37. The second kappa shape index (κ2) is 5.14. The number of rotatable bonds is 3. The molecule has 0 unspecified atom stereocenters.